The number of carbonyl (C=O) groups excluding carboxylic acids is 1. The minimum Gasteiger partial charge on any atom is -0.354 e. The van der Waals surface area contributed by atoms with Crippen molar-refractivity contribution in [2.24, 2.45) is 0 Å². The molecule has 1 aliphatic rings. The van der Waals surface area contributed by atoms with Crippen LogP contribution in [0.4, 0.5) is 0 Å². The first kappa shape index (κ1) is 14.8. The lowest BCUT2D eigenvalue weighted by Gasteiger charge is -2.28. The van der Waals surface area contributed by atoms with Gasteiger partial charge in [0.15, 0.2) is 0 Å². The average molecular weight is 258 g/mol. The lowest BCUT2D eigenvalue weighted by atomic mass is 9.95. The third kappa shape index (κ3) is 6.32. The van der Waals surface area contributed by atoms with Crippen molar-refractivity contribution in [2.45, 2.75) is 63.3 Å². The Morgan fingerprint density at radius 1 is 1.29 bits per heavy atom. The van der Waals surface area contributed by atoms with Gasteiger partial charge in [-0.25, -0.2) is 0 Å². The van der Waals surface area contributed by atoms with Gasteiger partial charge < -0.3 is 10.6 Å². The molecule has 2 N–H and O–H groups in total. The zero-order valence-electron chi connectivity index (χ0n) is 11.3. The van der Waals surface area contributed by atoms with Crippen molar-refractivity contribution in [2.75, 3.05) is 12.8 Å². The van der Waals surface area contributed by atoms with Crippen molar-refractivity contribution in [3.8, 4) is 0 Å². The molecule has 1 rings (SSSR count). The van der Waals surface area contributed by atoms with Crippen LogP contribution in [0.5, 0.6) is 0 Å². The van der Waals surface area contributed by atoms with E-state index in [4.69, 9.17) is 0 Å². The molecule has 0 radical (unpaired) electrons. The van der Waals surface area contributed by atoms with Gasteiger partial charge in [0.2, 0.25) is 5.91 Å². The summed E-state index contributed by atoms with van der Waals surface area (Å²) in [6.07, 6.45) is 7.96. The first-order valence-corrected chi connectivity index (χ1v) is 7.96. The lowest BCUT2D eigenvalue weighted by Crippen LogP contribution is -2.37. The summed E-state index contributed by atoms with van der Waals surface area (Å²) in [6, 6.07) is 0.879. The molecule has 3 nitrogen and oxygen atoms in total. The molecule has 0 spiro atoms. The molecule has 1 aliphatic carbocycles. The smallest absolute Gasteiger partial charge is 0.221 e. The SMILES string of the molecule is CSC1CCC(NCCC(=O)NC(C)C)CC1. The maximum atomic E-state index is 11.4. The van der Waals surface area contributed by atoms with Crippen LogP contribution in [0, 0.1) is 0 Å². The molecular formula is C13H26N2OS. The zero-order chi connectivity index (χ0) is 12.7. The Kier molecular flexibility index (Phi) is 6.97. The Hall–Kier alpha value is -0.220. The second-order valence-corrected chi connectivity index (χ2v) is 6.27. The standard InChI is InChI=1S/C13H26N2OS/c1-10(2)15-13(16)8-9-14-11-4-6-12(17-3)7-5-11/h10-12,14H,4-9H2,1-3H3,(H,15,16). The summed E-state index contributed by atoms with van der Waals surface area (Å²) in [6.45, 7) is 4.80. The van der Waals surface area contributed by atoms with Gasteiger partial charge >= 0.3 is 0 Å². The van der Waals surface area contributed by atoms with E-state index in [1.807, 2.05) is 25.6 Å². The molecule has 1 fully saturated rings. The summed E-state index contributed by atoms with van der Waals surface area (Å²) in [5.41, 5.74) is 0. The van der Waals surface area contributed by atoms with Crippen molar-refractivity contribution >= 4 is 17.7 Å². The number of carbonyl (C=O) groups is 1. The highest BCUT2D eigenvalue weighted by Crippen LogP contribution is 2.26. The monoisotopic (exact) mass is 258 g/mol. The van der Waals surface area contributed by atoms with Gasteiger partial charge in [-0.3, -0.25) is 4.79 Å². The Morgan fingerprint density at radius 2 is 1.94 bits per heavy atom. The van der Waals surface area contributed by atoms with Crippen molar-refractivity contribution in [1.29, 1.82) is 0 Å². The average Bonchev–Trinajstić information content (AvgIpc) is 2.29. The summed E-state index contributed by atoms with van der Waals surface area (Å²) >= 11 is 1.99. The maximum absolute atomic E-state index is 11.4. The first-order valence-electron chi connectivity index (χ1n) is 6.67. The van der Waals surface area contributed by atoms with Gasteiger partial charge in [0, 0.05) is 30.3 Å². The van der Waals surface area contributed by atoms with Crippen LogP contribution in [0.2, 0.25) is 0 Å². The molecule has 1 saturated carbocycles. The number of amides is 1. The summed E-state index contributed by atoms with van der Waals surface area (Å²) in [7, 11) is 0. The second-order valence-electron chi connectivity index (χ2n) is 5.14. The highest BCUT2D eigenvalue weighted by Gasteiger charge is 2.19. The predicted octanol–water partition coefficient (Wildman–Crippen LogP) is 2.16. The molecule has 0 heterocycles. The molecule has 0 aliphatic heterocycles. The lowest BCUT2D eigenvalue weighted by molar-refractivity contribution is -0.121. The van der Waals surface area contributed by atoms with Gasteiger partial charge in [-0.1, -0.05) is 0 Å². The number of hydrogen-bond donors (Lipinski definition) is 2. The highest BCUT2D eigenvalue weighted by atomic mass is 32.2. The van der Waals surface area contributed by atoms with Crippen LogP contribution in [0.25, 0.3) is 0 Å². The fourth-order valence-electron chi connectivity index (χ4n) is 2.29. The molecule has 0 bridgehead atoms. The fourth-order valence-corrected chi connectivity index (χ4v) is 3.03. The third-order valence-electron chi connectivity index (χ3n) is 3.24. The minimum atomic E-state index is 0.158. The number of thioether (sulfide) groups is 1. The largest absolute Gasteiger partial charge is 0.354 e. The molecule has 0 saturated heterocycles. The molecule has 0 aromatic rings. The molecule has 0 aromatic carbocycles. The number of hydrogen-bond acceptors (Lipinski definition) is 3. The summed E-state index contributed by atoms with van der Waals surface area (Å²) in [5.74, 6) is 0.158. The molecular weight excluding hydrogens is 232 g/mol. The van der Waals surface area contributed by atoms with Gasteiger partial charge in [0.1, 0.15) is 0 Å². The topological polar surface area (TPSA) is 41.1 Å². The van der Waals surface area contributed by atoms with E-state index in [2.05, 4.69) is 16.9 Å². The number of nitrogens with one attached hydrogen (secondary N) is 2. The van der Waals surface area contributed by atoms with Gasteiger partial charge in [-0.2, -0.15) is 11.8 Å². The Balaban J connectivity index is 2.05. The molecule has 4 heteroatoms. The minimum absolute atomic E-state index is 0.158. The zero-order valence-corrected chi connectivity index (χ0v) is 12.1. The van der Waals surface area contributed by atoms with E-state index in [1.54, 1.807) is 0 Å². The van der Waals surface area contributed by atoms with Crippen LogP contribution < -0.4 is 10.6 Å². The first-order chi connectivity index (χ1) is 8.11. The van der Waals surface area contributed by atoms with Crippen LogP contribution in [-0.2, 0) is 4.79 Å². The fraction of sp³-hybridized carbons (Fsp3) is 0.923. The van der Waals surface area contributed by atoms with Gasteiger partial charge in [-0.05, 0) is 45.8 Å². The molecule has 0 atom stereocenters. The maximum Gasteiger partial charge on any atom is 0.221 e. The van der Waals surface area contributed by atoms with Gasteiger partial charge in [-0.15, -0.1) is 0 Å². The van der Waals surface area contributed by atoms with Crippen molar-refractivity contribution in [3.63, 3.8) is 0 Å². The Labute approximate surface area is 109 Å². The summed E-state index contributed by atoms with van der Waals surface area (Å²) in [5, 5.41) is 7.27. The van der Waals surface area contributed by atoms with E-state index >= 15 is 0 Å². The third-order valence-corrected chi connectivity index (χ3v) is 4.38. The van der Waals surface area contributed by atoms with Crippen LogP contribution in [0.3, 0.4) is 0 Å². The molecule has 0 aromatic heterocycles. The van der Waals surface area contributed by atoms with Crippen molar-refractivity contribution in [3.05, 3.63) is 0 Å². The second kappa shape index (κ2) is 7.98. The van der Waals surface area contributed by atoms with E-state index in [-0.39, 0.29) is 11.9 Å². The van der Waals surface area contributed by atoms with Crippen LogP contribution in [0.1, 0.15) is 46.0 Å². The normalized spacial score (nSPS) is 24.9. The van der Waals surface area contributed by atoms with Gasteiger partial charge in [0.05, 0.1) is 0 Å². The Bertz CT molecular complexity index is 225. The van der Waals surface area contributed by atoms with E-state index in [0.717, 1.165) is 11.8 Å². The van der Waals surface area contributed by atoms with Crippen LogP contribution >= 0.6 is 11.8 Å². The molecule has 17 heavy (non-hydrogen) atoms. The van der Waals surface area contributed by atoms with Crippen LogP contribution in [-0.4, -0.2) is 36.0 Å². The van der Waals surface area contributed by atoms with Gasteiger partial charge in [0.25, 0.3) is 0 Å². The summed E-state index contributed by atoms with van der Waals surface area (Å²) < 4.78 is 0. The number of rotatable bonds is 6. The summed E-state index contributed by atoms with van der Waals surface area (Å²) in [4.78, 5) is 11.4. The highest BCUT2D eigenvalue weighted by molar-refractivity contribution is 7.99. The quantitative estimate of drug-likeness (QED) is 0.767. The van der Waals surface area contributed by atoms with Crippen molar-refractivity contribution in [1.82, 2.24) is 10.6 Å². The van der Waals surface area contributed by atoms with E-state index < -0.39 is 0 Å². The van der Waals surface area contributed by atoms with Crippen LogP contribution in [0.15, 0.2) is 0 Å². The van der Waals surface area contributed by atoms with E-state index in [0.29, 0.717) is 12.5 Å². The molecule has 100 valence electrons. The van der Waals surface area contributed by atoms with Crippen molar-refractivity contribution < 1.29 is 4.79 Å². The molecule has 1 amide bonds. The Morgan fingerprint density at radius 3 is 2.47 bits per heavy atom. The van der Waals surface area contributed by atoms with E-state index in [9.17, 15) is 4.79 Å². The van der Waals surface area contributed by atoms with E-state index in [1.165, 1.54) is 25.7 Å². The predicted molar refractivity (Wildman–Crippen MR) is 75.5 cm³/mol. The molecule has 0 unspecified atom stereocenters.